The molecule has 0 aliphatic rings. The molecule has 0 spiro atoms. The number of hydrogen-bond acceptors (Lipinski definition) is 6. The maximum atomic E-state index is 12.4. The molecule has 0 unspecified atom stereocenters. The van der Waals surface area contributed by atoms with E-state index in [1.807, 2.05) is 44.2 Å². The Morgan fingerprint density at radius 2 is 1.96 bits per heavy atom. The predicted octanol–water partition coefficient (Wildman–Crippen LogP) is 3.72. The Morgan fingerprint density at radius 1 is 1.12 bits per heavy atom. The summed E-state index contributed by atoms with van der Waals surface area (Å²) in [6, 6.07) is 14.3. The van der Waals surface area contributed by atoms with Crippen LogP contribution in [0, 0.1) is 0 Å². The molecule has 0 aliphatic heterocycles. The molecule has 0 bridgehead atoms. The van der Waals surface area contributed by atoms with Gasteiger partial charge in [-0.05, 0) is 50.2 Å². The first-order valence-corrected chi connectivity index (χ1v) is 8.29. The van der Waals surface area contributed by atoms with Crippen LogP contribution in [0.15, 0.2) is 59.2 Å². The van der Waals surface area contributed by atoms with Gasteiger partial charge in [0, 0.05) is 0 Å². The van der Waals surface area contributed by atoms with Crippen molar-refractivity contribution in [2.24, 2.45) is 0 Å². The quantitative estimate of drug-likeness (QED) is 0.674. The van der Waals surface area contributed by atoms with Crippen LogP contribution in [-0.4, -0.2) is 22.2 Å². The molecule has 2 heterocycles. The number of amides is 1. The van der Waals surface area contributed by atoms with Crippen molar-refractivity contribution in [2.75, 3.05) is 10.6 Å². The number of furan rings is 1. The van der Waals surface area contributed by atoms with Crippen LogP contribution in [-0.2, 0) is 6.54 Å². The van der Waals surface area contributed by atoms with Crippen molar-refractivity contribution in [2.45, 2.75) is 26.5 Å². The Balaban J connectivity index is 1.63. The lowest BCUT2D eigenvalue weighted by atomic mass is 10.2. The van der Waals surface area contributed by atoms with E-state index in [2.05, 4.69) is 20.8 Å². The number of nitrogens with zero attached hydrogens (tertiary/aromatic N) is 2. The molecule has 0 saturated carbocycles. The third-order valence-electron chi connectivity index (χ3n) is 3.42. The molecule has 134 valence electrons. The second kappa shape index (κ2) is 8.15. The molecule has 7 heteroatoms. The summed E-state index contributed by atoms with van der Waals surface area (Å²) in [5.41, 5.74) is 0.806. The van der Waals surface area contributed by atoms with Gasteiger partial charge in [-0.2, -0.15) is 0 Å². The highest BCUT2D eigenvalue weighted by atomic mass is 16.5. The number of aromatic nitrogens is 2. The third kappa shape index (κ3) is 4.60. The standard InChI is InChI=1S/C19H20N4O3/c1-13(2)26-17-8-4-3-7-15(17)21-19(24)16-9-10-18(23-22-16)20-12-14-6-5-11-25-14/h3-11,13H,12H2,1-2H3,(H,20,23)(H,21,24). The maximum Gasteiger partial charge on any atom is 0.276 e. The van der Waals surface area contributed by atoms with Crippen LogP contribution in [0.3, 0.4) is 0 Å². The Bertz CT molecular complexity index is 845. The second-order valence-corrected chi connectivity index (χ2v) is 5.85. The minimum atomic E-state index is -0.352. The monoisotopic (exact) mass is 352 g/mol. The van der Waals surface area contributed by atoms with Gasteiger partial charge in [0.25, 0.3) is 5.91 Å². The van der Waals surface area contributed by atoms with Crippen molar-refractivity contribution in [1.82, 2.24) is 10.2 Å². The van der Waals surface area contributed by atoms with Crippen molar-refractivity contribution >= 4 is 17.4 Å². The first-order chi connectivity index (χ1) is 12.6. The summed E-state index contributed by atoms with van der Waals surface area (Å²) in [5.74, 6) is 1.60. The minimum Gasteiger partial charge on any atom is -0.489 e. The fourth-order valence-electron chi connectivity index (χ4n) is 2.25. The Morgan fingerprint density at radius 3 is 2.65 bits per heavy atom. The fraction of sp³-hybridized carbons (Fsp3) is 0.211. The first kappa shape index (κ1) is 17.5. The molecule has 0 atom stereocenters. The topological polar surface area (TPSA) is 89.3 Å². The number of para-hydroxylation sites is 2. The second-order valence-electron chi connectivity index (χ2n) is 5.85. The van der Waals surface area contributed by atoms with E-state index in [9.17, 15) is 4.79 Å². The van der Waals surface area contributed by atoms with E-state index >= 15 is 0 Å². The molecule has 0 radical (unpaired) electrons. The number of rotatable bonds is 7. The van der Waals surface area contributed by atoms with E-state index in [-0.39, 0.29) is 17.7 Å². The van der Waals surface area contributed by atoms with Gasteiger partial charge in [-0.3, -0.25) is 4.79 Å². The summed E-state index contributed by atoms with van der Waals surface area (Å²) >= 11 is 0. The highest BCUT2D eigenvalue weighted by Crippen LogP contribution is 2.25. The zero-order valence-electron chi connectivity index (χ0n) is 14.6. The van der Waals surface area contributed by atoms with Crippen molar-refractivity contribution < 1.29 is 13.9 Å². The van der Waals surface area contributed by atoms with Gasteiger partial charge in [-0.25, -0.2) is 0 Å². The molecule has 7 nitrogen and oxygen atoms in total. The van der Waals surface area contributed by atoms with Gasteiger partial charge >= 0.3 is 0 Å². The summed E-state index contributed by atoms with van der Waals surface area (Å²) in [5, 5.41) is 13.9. The number of carbonyl (C=O) groups is 1. The number of carbonyl (C=O) groups excluding carboxylic acids is 1. The molecule has 1 amide bonds. The van der Waals surface area contributed by atoms with Crippen LogP contribution < -0.4 is 15.4 Å². The molecule has 0 fully saturated rings. The number of ether oxygens (including phenoxy) is 1. The summed E-state index contributed by atoms with van der Waals surface area (Å²) < 4.78 is 10.9. The van der Waals surface area contributed by atoms with Crippen LogP contribution in [0.5, 0.6) is 5.75 Å². The fourth-order valence-corrected chi connectivity index (χ4v) is 2.25. The largest absolute Gasteiger partial charge is 0.489 e. The number of nitrogens with one attached hydrogen (secondary N) is 2. The van der Waals surface area contributed by atoms with E-state index in [0.717, 1.165) is 5.76 Å². The Kier molecular flexibility index (Phi) is 5.48. The van der Waals surface area contributed by atoms with Crippen LogP contribution in [0.2, 0.25) is 0 Å². The summed E-state index contributed by atoms with van der Waals surface area (Å²) in [7, 11) is 0. The molecule has 0 aliphatic carbocycles. The first-order valence-electron chi connectivity index (χ1n) is 8.29. The summed E-state index contributed by atoms with van der Waals surface area (Å²) in [6.45, 7) is 4.35. The van der Waals surface area contributed by atoms with Gasteiger partial charge < -0.3 is 19.8 Å². The summed E-state index contributed by atoms with van der Waals surface area (Å²) in [4.78, 5) is 12.4. The molecule has 0 saturated heterocycles. The van der Waals surface area contributed by atoms with Gasteiger partial charge in [0.05, 0.1) is 24.6 Å². The zero-order chi connectivity index (χ0) is 18.4. The Labute approximate surface area is 151 Å². The van der Waals surface area contributed by atoms with E-state index in [4.69, 9.17) is 9.15 Å². The maximum absolute atomic E-state index is 12.4. The van der Waals surface area contributed by atoms with Crippen molar-refractivity contribution in [3.05, 3.63) is 66.2 Å². The molecular formula is C19H20N4O3. The number of anilines is 2. The molecule has 1 aromatic carbocycles. The van der Waals surface area contributed by atoms with Gasteiger partial charge in [-0.1, -0.05) is 12.1 Å². The zero-order valence-corrected chi connectivity index (χ0v) is 14.6. The highest BCUT2D eigenvalue weighted by Gasteiger charge is 2.12. The SMILES string of the molecule is CC(C)Oc1ccccc1NC(=O)c1ccc(NCc2ccco2)nn1. The lowest BCUT2D eigenvalue weighted by molar-refractivity contribution is 0.102. The van der Waals surface area contributed by atoms with Crippen LogP contribution >= 0.6 is 0 Å². The van der Waals surface area contributed by atoms with Crippen LogP contribution in [0.25, 0.3) is 0 Å². The predicted molar refractivity (Wildman–Crippen MR) is 98.2 cm³/mol. The van der Waals surface area contributed by atoms with Crippen molar-refractivity contribution in [3.8, 4) is 5.75 Å². The van der Waals surface area contributed by atoms with E-state index in [0.29, 0.717) is 23.8 Å². The van der Waals surface area contributed by atoms with Crippen LogP contribution in [0.1, 0.15) is 30.1 Å². The van der Waals surface area contributed by atoms with Crippen molar-refractivity contribution in [3.63, 3.8) is 0 Å². The average Bonchev–Trinajstić information content (AvgIpc) is 3.15. The lowest BCUT2D eigenvalue weighted by Crippen LogP contribution is -2.16. The van der Waals surface area contributed by atoms with Gasteiger partial charge in [0.15, 0.2) is 5.69 Å². The smallest absolute Gasteiger partial charge is 0.276 e. The van der Waals surface area contributed by atoms with E-state index in [1.54, 1.807) is 24.5 Å². The van der Waals surface area contributed by atoms with Gasteiger partial charge in [0.1, 0.15) is 17.3 Å². The average molecular weight is 352 g/mol. The third-order valence-corrected chi connectivity index (χ3v) is 3.42. The van der Waals surface area contributed by atoms with Crippen molar-refractivity contribution in [1.29, 1.82) is 0 Å². The van der Waals surface area contributed by atoms with Gasteiger partial charge in [0.2, 0.25) is 0 Å². The molecule has 2 aromatic heterocycles. The molecule has 26 heavy (non-hydrogen) atoms. The highest BCUT2D eigenvalue weighted by molar-refractivity contribution is 6.03. The molecular weight excluding hydrogens is 332 g/mol. The van der Waals surface area contributed by atoms with Gasteiger partial charge in [-0.15, -0.1) is 10.2 Å². The van der Waals surface area contributed by atoms with E-state index in [1.165, 1.54) is 0 Å². The molecule has 3 rings (SSSR count). The summed E-state index contributed by atoms with van der Waals surface area (Å²) in [6.07, 6.45) is 1.61. The Hall–Kier alpha value is -3.35. The lowest BCUT2D eigenvalue weighted by Gasteiger charge is -2.14. The number of hydrogen-bond donors (Lipinski definition) is 2. The molecule has 2 N–H and O–H groups in total. The van der Waals surface area contributed by atoms with E-state index < -0.39 is 0 Å². The minimum absolute atomic E-state index is 0.00682. The normalized spacial score (nSPS) is 10.6. The molecule has 3 aromatic rings. The van der Waals surface area contributed by atoms with Crippen LogP contribution in [0.4, 0.5) is 11.5 Å². The number of benzene rings is 1.